The summed E-state index contributed by atoms with van der Waals surface area (Å²) < 4.78 is 1.37. The third-order valence-electron chi connectivity index (χ3n) is 2.97. The van der Waals surface area contributed by atoms with E-state index in [-0.39, 0.29) is 5.56 Å². The quantitative estimate of drug-likeness (QED) is 0.751. The van der Waals surface area contributed by atoms with E-state index in [1.165, 1.54) is 10.6 Å². The Hall–Kier alpha value is -1.79. The Kier molecular flexibility index (Phi) is 3.98. The molecular weight excluding hydrogens is 308 g/mol. The van der Waals surface area contributed by atoms with Crippen molar-refractivity contribution in [3.8, 4) is 0 Å². The van der Waals surface area contributed by atoms with E-state index >= 15 is 0 Å². The van der Waals surface area contributed by atoms with E-state index < -0.39 is 0 Å². The number of aryl methyl sites for hydroxylation is 1. The van der Waals surface area contributed by atoms with Gasteiger partial charge >= 0.3 is 0 Å². The second kappa shape index (κ2) is 5.91. The Bertz CT molecular complexity index is 825. The average Bonchev–Trinajstić information content (AvgIpc) is 2.90. The molecule has 2 aromatic heterocycles. The van der Waals surface area contributed by atoms with Gasteiger partial charge in [-0.05, 0) is 24.3 Å². The number of fused-ring (bicyclic) bond motifs is 1. The third kappa shape index (κ3) is 3.11. The van der Waals surface area contributed by atoms with Gasteiger partial charge in [0.25, 0.3) is 11.3 Å². The highest BCUT2D eigenvalue weighted by molar-refractivity contribution is 7.98. The van der Waals surface area contributed by atoms with Gasteiger partial charge in [-0.3, -0.25) is 9.89 Å². The molecule has 5 nitrogen and oxygen atoms in total. The molecule has 0 fully saturated rings. The van der Waals surface area contributed by atoms with Crippen LogP contribution < -0.4 is 5.56 Å². The standard InChI is InChI=1S/C14H13ClN4OS/c1-2-12-17-14-16-10(7-13(20)19(14)18-12)8-21-11-5-3-9(15)4-6-11/h3-7H,2,8H2,1H3,(H,16,17,18). The molecule has 0 unspecified atom stereocenters. The first-order valence-corrected chi connectivity index (χ1v) is 7.88. The molecule has 0 aliphatic heterocycles. The number of rotatable bonds is 4. The number of aromatic amines is 1. The van der Waals surface area contributed by atoms with Crippen molar-refractivity contribution >= 4 is 29.1 Å². The van der Waals surface area contributed by atoms with Gasteiger partial charge in [0.2, 0.25) is 0 Å². The van der Waals surface area contributed by atoms with E-state index in [9.17, 15) is 4.79 Å². The molecular formula is C14H13ClN4OS. The number of aromatic nitrogens is 4. The summed E-state index contributed by atoms with van der Waals surface area (Å²) in [6.45, 7) is 1.97. The highest BCUT2D eigenvalue weighted by Gasteiger charge is 2.07. The van der Waals surface area contributed by atoms with Crippen LogP contribution in [0.25, 0.3) is 5.78 Å². The molecule has 0 bridgehead atoms. The zero-order valence-corrected chi connectivity index (χ0v) is 12.9. The van der Waals surface area contributed by atoms with Crippen molar-refractivity contribution in [2.24, 2.45) is 0 Å². The summed E-state index contributed by atoms with van der Waals surface area (Å²) in [7, 11) is 0. The summed E-state index contributed by atoms with van der Waals surface area (Å²) in [5, 5.41) is 3.64. The van der Waals surface area contributed by atoms with E-state index in [1.54, 1.807) is 11.8 Å². The maximum absolute atomic E-state index is 12.0. The Balaban J connectivity index is 1.83. The van der Waals surface area contributed by atoms with E-state index in [2.05, 4.69) is 15.1 Å². The summed E-state index contributed by atoms with van der Waals surface area (Å²) in [6.07, 6.45) is 0.734. The minimum atomic E-state index is -0.140. The van der Waals surface area contributed by atoms with Gasteiger partial charge in [0, 0.05) is 28.2 Å². The number of benzene rings is 1. The minimum Gasteiger partial charge on any atom is -0.275 e. The van der Waals surface area contributed by atoms with Gasteiger partial charge < -0.3 is 0 Å². The third-order valence-corrected chi connectivity index (χ3v) is 4.26. The Morgan fingerprint density at radius 3 is 2.76 bits per heavy atom. The lowest BCUT2D eigenvalue weighted by molar-refractivity contribution is 0.848. The van der Waals surface area contributed by atoms with Crippen LogP contribution in [-0.2, 0) is 12.2 Å². The van der Waals surface area contributed by atoms with Crippen molar-refractivity contribution in [3.05, 3.63) is 57.2 Å². The van der Waals surface area contributed by atoms with Crippen LogP contribution in [0.4, 0.5) is 0 Å². The molecule has 0 saturated heterocycles. The fourth-order valence-electron chi connectivity index (χ4n) is 1.89. The number of halogens is 1. The zero-order chi connectivity index (χ0) is 14.8. The fourth-order valence-corrected chi connectivity index (χ4v) is 2.81. The van der Waals surface area contributed by atoms with Crippen molar-refractivity contribution in [2.45, 2.75) is 24.0 Å². The summed E-state index contributed by atoms with van der Waals surface area (Å²) in [5.74, 6) is 1.79. The van der Waals surface area contributed by atoms with Gasteiger partial charge in [0.05, 0.1) is 5.69 Å². The van der Waals surface area contributed by atoms with E-state index in [1.807, 2.05) is 31.2 Å². The lowest BCUT2D eigenvalue weighted by Crippen LogP contribution is -2.15. The van der Waals surface area contributed by atoms with Crippen LogP contribution in [0.2, 0.25) is 5.02 Å². The number of nitrogens with one attached hydrogen (secondary N) is 1. The largest absolute Gasteiger partial charge is 0.275 e. The molecule has 0 atom stereocenters. The first-order chi connectivity index (χ1) is 10.2. The van der Waals surface area contributed by atoms with Gasteiger partial charge in [0.15, 0.2) is 0 Å². The number of thioether (sulfide) groups is 1. The molecule has 0 radical (unpaired) electrons. The summed E-state index contributed by atoms with van der Waals surface area (Å²) in [6, 6.07) is 9.12. The molecule has 1 N–H and O–H groups in total. The number of hydrogen-bond acceptors (Lipinski definition) is 4. The Labute approximate surface area is 130 Å². The van der Waals surface area contributed by atoms with Gasteiger partial charge in [-0.25, -0.2) is 4.98 Å². The average molecular weight is 321 g/mol. The number of nitrogens with zero attached hydrogens (tertiary/aromatic N) is 3. The molecule has 2 heterocycles. The molecule has 108 valence electrons. The van der Waals surface area contributed by atoms with Crippen molar-refractivity contribution in [2.75, 3.05) is 0 Å². The van der Waals surface area contributed by atoms with Crippen LogP contribution in [0.15, 0.2) is 40.0 Å². The summed E-state index contributed by atoms with van der Waals surface area (Å²) in [5.41, 5.74) is 0.577. The van der Waals surface area contributed by atoms with Crippen LogP contribution in [0.5, 0.6) is 0 Å². The van der Waals surface area contributed by atoms with Gasteiger partial charge in [0.1, 0.15) is 5.82 Å². The zero-order valence-electron chi connectivity index (χ0n) is 11.3. The Morgan fingerprint density at radius 1 is 1.29 bits per heavy atom. The predicted octanol–water partition coefficient (Wildman–Crippen LogP) is 2.93. The van der Waals surface area contributed by atoms with Crippen molar-refractivity contribution in [3.63, 3.8) is 0 Å². The Morgan fingerprint density at radius 2 is 2.05 bits per heavy atom. The first-order valence-electron chi connectivity index (χ1n) is 6.51. The normalized spacial score (nSPS) is 11.1. The fraction of sp³-hybridized carbons (Fsp3) is 0.214. The molecule has 0 saturated carbocycles. The van der Waals surface area contributed by atoms with Gasteiger partial charge in [-0.1, -0.05) is 18.5 Å². The van der Waals surface area contributed by atoms with E-state index in [4.69, 9.17) is 11.6 Å². The highest BCUT2D eigenvalue weighted by Crippen LogP contribution is 2.23. The van der Waals surface area contributed by atoms with E-state index in [0.717, 1.165) is 17.1 Å². The number of hydrogen-bond donors (Lipinski definition) is 1. The second-order valence-electron chi connectivity index (χ2n) is 4.49. The van der Waals surface area contributed by atoms with Crippen LogP contribution >= 0.6 is 23.4 Å². The smallest absolute Gasteiger partial charge is 0.274 e. The molecule has 0 aliphatic carbocycles. The summed E-state index contributed by atoms with van der Waals surface area (Å²) in [4.78, 5) is 21.8. The lowest BCUT2D eigenvalue weighted by Gasteiger charge is -2.01. The molecule has 0 spiro atoms. The van der Waals surface area contributed by atoms with Gasteiger partial charge in [-0.2, -0.15) is 9.50 Å². The van der Waals surface area contributed by atoms with Crippen molar-refractivity contribution < 1.29 is 0 Å². The first kappa shape index (κ1) is 14.2. The second-order valence-corrected chi connectivity index (χ2v) is 5.97. The van der Waals surface area contributed by atoms with Crippen LogP contribution in [0, 0.1) is 0 Å². The maximum Gasteiger partial charge on any atom is 0.274 e. The van der Waals surface area contributed by atoms with Crippen LogP contribution in [0.3, 0.4) is 0 Å². The molecule has 1 aromatic carbocycles. The minimum absolute atomic E-state index is 0.140. The molecule has 7 heteroatoms. The predicted molar refractivity (Wildman–Crippen MR) is 84.0 cm³/mol. The van der Waals surface area contributed by atoms with Crippen molar-refractivity contribution in [1.82, 2.24) is 19.6 Å². The summed E-state index contributed by atoms with van der Waals surface area (Å²) >= 11 is 7.46. The molecule has 0 amide bonds. The highest BCUT2D eigenvalue weighted by atomic mass is 35.5. The van der Waals surface area contributed by atoms with Crippen LogP contribution in [0.1, 0.15) is 18.4 Å². The molecule has 3 aromatic rings. The van der Waals surface area contributed by atoms with Crippen LogP contribution in [-0.4, -0.2) is 19.6 Å². The van der Waals surface area contributed by atoms with E-state index in [0.29, 0.717) is 22.2 Å². The SMILES string of the molecule is CCc1nc2nc(CSc3ccc(Cl)cc3)cc(=O)n2[nH]1. The maximum atomic E-state index is 12.0. The molecule has 21 heavy (non-hydrogen) atoms. The van der Waals surface area contributed by atoms with Crippen molar-refractivity contribution in [1.29, 1.82) is 0 Å². The molecule has 3 rings (SSSR count). The number of H-pyrrole nitrogens is 1. The topological polar surface area (TPSA) is 63.1 Å². The molecule has 0 aliphatic rings. The lowest BCUT2D eigenvalue weighted by atomic mass is 10.4. The van der Waals surface area contributed by atoms with Gasteiger partial charge in [-0.15, -0.1) is 11.8 Å². The monoisotopic (exact) mass is 320 g/mol.